The number of ether oxygens (including phenoxy) is 1. The molecule has 1 saturated heterocycles. The molecule has 0 aliphatic carbocycles. The summed E-state index contributed by atoms with van der Waals surface area (Å²) in [5, 5.41) is 4.96. The van der Waals surface area contributed by atoms with Gasteiger partial charge in [0.2, 0.25) is 5.91 Å². The molecule has 0 spiro atoms. The first-order valence-corrected chi connectivity index (χ1v) is 12.9. The van der Waals surface area contributed by atoms with E-state index in [-0.39, 0.29) is 17.9 Å². The van der Waals surface area contributed by atoms with Crippen molar-refractivity contribution in [3.05, 3.63) is 72.7 Å². The van der Waals surface area contributed by atoms with Gasteiger partial charge in [0.25, 0.3) is 0 Å². The number of carbonyl (C=O) groups is 2. The van der Waals surface area contributed by atoms with E-state index in [1.54, 1.807) is 0 Å². The quantitative estimate of drug-likeness (QED) is 0.295. The van der Waals surface area contributed by atoms with E-state index in [1.165, 1.54) is 7.11 Å². The molecule has 0 radical (unpaired) electrons. The van der Waals surface area contributed by atoms with Gasteiger partial charge in [-0.15, -0.1) is 0 Å². The molecule has 1 aliphatic heterocycles. The Morgan fingerprint density at radius 1 is 1.03 bits per heavy atom. The predicted octanol–water partition coefficient (Wildman–Crippen LogP) is 5.52. The van der Waals surface area contributed by atoms with E-state index >= 15 is 0 Å². The van der Waals surface area contributed by atoms with Gasteiger partial charge in [-0.05, 0) is 64.4 Å². The van der Waals surface area contributed by atoms with Crippen LogP contribution in [0.3, 0.4) is 0 Å². The number of anilines is 1. The SMILES string of the molecule is COC(=O)NC(C(=O)N1CCCC1c1ncc(-c2ccc(-c3ccc4cc(N)ccc4c3)cc2)[nH]1)C(C)C. The number of nitrogens with zero attached hydrogens (tertiary/aromatic N) is 2. The molecule has 2 atom stereocenters. The first kappa shape index (κ1) is 25.3. The van der Waals surface area contributed by atoms with Crippen molar-refractivity contribution in [2.24, 2.45) is 5.92 Å². The zero-order chi connectivity index (χ0) is 26.8. The number of rotatable bonds is 6. The van der Waals surface area contributed by atoms with Gasteiger partial charge in [-0.1, -0.05) is 56.3 Å². The van der Waals surface area contributed by atoms with Gasteiger partial charge in [0.1, 0.15) is 11.9 Å². The summed E-state index contributed by atoms with van der Waals surface area (Å²) in [6, 6.07) is 19.9. The van der Waals surface area contributed by atoms with Crippen LogP contribution in [0.5, 0.6) is 0 Å². The minimum atomic E-state index is -0.655. The van der Waals surface area contributed by atoms with Gasteiger partial charge in [0.05, 0.1) is 25.0 Å². The molecule has 2 amide bonds. The van der Waals surface area contributed by atoms with E-state index in [1.807, 2.05) is 43.1 Å². The number of amides is 2. The fourth-order valence-corrected chi connectivity index (χ4v) is 5.13. The molecular formula is C30H33N5O3. The van der Waals surface area contributed by atoms with Gasteiger partial charge in [0, 0.05) is 12.2 Å². The van der Waals surface area contributed by atoms with Crippen molar-refractivity contribution in [1.29, 1.82) is 0 Å². The first-order valence-electron chi connectivity index (χ1n) is 12.9. The molecule has 3 aromatic carbocycles. The molecule has 38 heavy (non-hydrogen) atoms. The topological polar surface area (TPSA) is 113 Å². The van der Waals surface area contributed by atoms with Gasteiger partial charge in [-0.2, -0.15) is 0 Å². The highest BCUT2D eigenvalue weighted by atomic mass is 16.5. The summed E-state index contributed by atoms with van der Waals surface area (Å²) in [6.07, 6.45) is 2.90. The van der Waals surface area contributed by atoms with Crippen LogP contribution in [0, 0.1) is 5.92 Å². The number of H-pyrrole nitrogens is 1. The van der Waals surface area contributed by atoms with Crippen LogP contribution in [0.1, 0.15) is 38.6 Å². The minimum absolute atomic E-state index is 0.0748. The number of likely N-dealkylation sites (tertiary alicyclic amines) is 1. The van der Waals surface area contributed by atoms with E-state index in [0.29, 0.717) is 6.54 Å². The van der Waals surface area contributed by atoms with E-state index in [0.717, 1.165) is 57.5 Å². The summed E-state index contributed by atoms with van der Waals surface area (Å²) < 4.78 is 4.72. The smallest absolute Gasteiger partial charge is 0.407 e. The van der Waals surface area contributed by atoms with Crippen LogP contribution in [0.25, 0.3) is 33.2 Å². The summed E-state index contributed by atoms with van der Waals surface area (Å²) in [7, 11) is 1.30. The fourth-order valence-electron chi connectivity index (χ4n) is 5.13. The van der Waals surface area contributed by atoms with E-state index in [2.05, 4.69) is 57.7 Å². The van der Waals surface area contributed by atoms with Crippen LogP contribution in [0.2, 0.25) is 0 Å². The Hall–Kier alpha value is -4.33. The average molecular weight is 512 g/mol. The Labute approximate surface area is 222 Å². The molecule has 1 aromatic heterocycles. The molecule has 2 heterocycles. The maximum absolute atomic E-state index is 13.4. The number of benzene rings is 3. The minimum Gasteiger partial charge on any atom is -0.453 e. The van der Waals surface area contributed by atoms with Crippen LogP contribution in [-0.4, -0.2) is 46.6 Å². The third kappa shape index (κ3) is 5.07. The molecule has 4 N–H and O–H groups in total. The second kappa shape index (κ2) is 10.6. The van der Waals surface area contributed by atoms with Crippen molar-refractivity contribution >= 4 is 28.5 Å². The second-order valence-electron chi connectivity index (χ2n) is 10.1. The van der Waals surface area contributed by atoms with Gasteiger partial charge in [-0.25, -0.2) is 9.78 Å². The molecule has 8 nitrogen and oxygen atoms in total. The molecule has 0 saturated carbocycles. The number of carbonyl (C=O) groups excluding carboxylic acids is 2. The molecule has 4 aromatic rings. The molecule has 8 heteroatoms. The van der Waals surface area contributed by atoms with Crippen molar-refractivity contribution < 1.29 is 14.3 Å². The highest BCUT2D eigenvalue weighted by Gasteiger charge is 2.37. The number of imidazole rings is 1. The maximum Gasteiger partial charge on any atom is 0.407 e. The van der Waals surface area contributed by atoms with Gasteiger partial charge >= 0.3 is 6.09 Å². The molecule has 196 valence electrons. The Bertz CT molecular complexity index is 1460. The van der Waals surface area contributed by atoms with E-state index < -0.39 is 12.1 Å². The van der Waals surface area contributed by atoms with Crippen molar-refractivity contribution in [3.8, 4) is 22.4 Å². The van der Waals surface area contributed by atoms with Crippen LogP contribution >= 0.6 is 0 Å². The summed E-state index contributed by atoms with van der Waals surface area (Å²) >= 11 is 0. The Kier molecular flexibility index (Phi) is 7.05. The number of hydrogen-bond acceptors (Lipinski definition) is 5. The number of aromatic amines is 1. The van der Waals surface area contributed by atoms with Crippen LogP contribution in [0.4, 0.5) is 10.5 Å². The molecule has 2 unspecified atom stereocenters. The number of alkyl carbamates (subject to hydrolysis) is 1. The Morgan fingerprint density at radius 3 is 2.45 bits per heavy atom. The van der Waals surface area contributed by atoms with Crippen LogP contribution in [-0.2, 0) is 9.53 Å². The Morgan fingerprint density at radius 2 is 1.71 bits per heavy atom. The van der Waals surface area contributed by atoms with Gasteiger partial charge in [0.15, 0.2) is 0 Å². The number of nitrogens with two attached hydrogens (primary N) is 1. The number of nitrogen functional groups attached to an aromatic ring is 1. The van der Waals surface area contributed by atoms with Crippen molar-refractivity contribution in [3.63, 3.8) is 0 Å². The number of hydrogen-bond donors (Lipinski definition) is 3. The summed E-state index contributed by atoms with van der Waals surface area (Å²) in [5.41, 5.74) is 10.8. The zero-order valence-electron chi connectivity index (χ0n) is 21.9. The fraction of sp³-hybridized carbons (Fsp3) is 0.300. The number of aromatic nitrogens is 2. The standard InChI is InChI=1S/C30H33N5O3/c1-18(2)27(34-30(37)38-3)29(36)35-14-4-5-26(35)28-32-17-25(33-28)20-8-6-19(7-9-20)21-10-11-23-16-24(31)13-12-22(23)15-21/h6-13,15-18,26-27H,4-5,14,31H2,1-3H3,(H,32,33)(H,34,37). The summed E-state index contributed by atoms with van der Waals surface area (Å²) in [5.74, 6) is 0.562. The van der Waals surface area contributed by atoms with Gasteiger partial charge in [-0.3, -0.25) is 4.79 Å². The predicted molar refractivity (Wildman–Crippen MR) is 149 cm³/mol. The number of nitrogens with one attached hydrogen (secondary N) is 2. The van der Waals surface area contributed by atoms with E-state index in [4.69, 9.17) is 10.5 Å². The van der Waals surface area contributed by atoms with Crippen LogP contribution in [0.15, 0.2) is 66.9 Å². The lowest BCUT2D eigenvalue weighted by Gasteiger charge is -2.30. The highest BCUT2D eigenvalue weighted by molar-refractivity contribution is 5.89. The third-order valence-electron chi connectivity index (χ3n) is 7.23. The zero-order valence-corrected chi connectivity index (χ0v) is 21.9. The van der Waals surface area contributed by atoms with Gasteiger partial charge < -0.3 is 25.7 Å². The second-order valence-corrected chi connectivity index (χ2v) is 10.1. The normalized spacial score (nSPS) is 16.1. The third-order valence-corrected chi connectivity index (χ3v) is 7.23. The van der Waals surface area contributed by atoms with Crippen molar-refractivity contribution in [1.82, 2.24) is 20.2 Å². The largest absolute Gasteiger partial charge is 0.453 e. The monoisotopic (exact) mass is 511 g/mol. The highest BCUT2D eigenvalue weighted by Crippen LogP contribution is 2.33. The Balaban J connectivity index is 1.33. The maximum atomic E-state index is 13.4. The van der Waals surface area contributed by atoms with E-state index in [9.17, 15) is 9.59 Å². The number of methoxy groups -OCH3 is 1. The summed E-state index contributed by atoms with van der Waals surface area (Å²) in [6.45, 7) is 4.44. The molecule has 0 bridgehead atoms. The first-order chi connectivity index (χ1) is 18.3. The number of fused-ring (bicyclic) bond motifs is 1. The lowest BCUT2D eigenvalue weighted by Crippen LogP contribution is -2.51. The molecule has 1 aliphatic rings. The summed E-state index contributed by atoms with van der Waals surface area (Å²) in [4.78, 5) is 35.1. The molecule has 5 rings (SSSR count). The van der Waals surface area contributed by atoms with Crippen molar-refractivity contribution in [2.75, 3.05) is 19.4 Å². The van der Waals surface area contributed by atoms with Crippen LogP contribution < -0.4 is 11.1 Å². The lowest BCUT2D eigenvalue weighted by atomic mass is 9.99. The lowest BCUT2D eigenvalue weighted by molar-refractivity contribution is -0.135. The molecule has 1 fully saturated rings. The van der Waals surface area contributed by atoms with Crippen molar-refractivity contribution in [2.45, 2.75) is 38.8 Å². The average Bonchev–Trinajstić information content (AvgIpc) is 3.61. The molecular weight excluding hydrogens is 478 g/mol.